The molecular formula is C11H9BrFNO3. The van der Waals surface area contributed by atoms with Crippen molar-refractivity contribution in [2.75, 3.05) is 13.1 Å². The smallest absolute Gasteiger partial charge is 0.310 e. The van der Waals surface area contributed by atoms with Crippen LogP contribution in [0.1, 0.15) is 10.4 Å². The second-order valence-corrected chi connectivity index (χ2v) is 4.64. The number of likely N-dealkylation sites (tertiary alicyclic amines) is 1. The summed E-state index contributed by atoms with van der Waals surface area (Å²) in [4.78, 5) is 23.9. The van der Waals surface area contributed by atoms with Gasteiger partial charge in [-0.05, 0) is 28.1 Å². The molecule has 1 aliphatic rings. The van der Waals surface area contributed by atoms with Crippen molar-refractivity contribution >= 4 is 27.8 Å². The molecule has 0 bridgehead atoms. The van der Waals surface area contributed by atoms with Gasteiger partial charge in [0, 0.05) is 13.1 Å². The van der Waals surface area contributed by atoms with E-state index in [1.54, 1.807) is 0 Å². The predicted molar refractivity (Wildman–Crippen MR) is 61.1 cm³/mol. The van der Waals surface area contributed by atoms with Crippen LogP contribution in [0.25, 0.3) is 0 Å². The number of benzene rings is 1. The van der Waals surface area contributed by atoms with E-state index in [2.05, 4.69) is 15.9 Å². The monoisotopic (exact) mass is 301 g/mol. The number of hydrogen-bond donors (Lipinski definition) is 1. The molecule has 1 N–H and O–H groups in total. The molecule has 1 amide bonds. The van der Waals surface area contributed by atoms with Gasteiger partial charge in [-0.25, -0.2) is 4.39 Å². The van der Waals surface area contributed by atoms with Crippen molar-refractivity contribution in [2.45, 2.75) is 0 Å². The maximum absolute atomic E-state index is 13.2. The van der Waals surface area contributed by atoms with E-state index in [-0.39, 0.29) is 29.0 Å². The third-order valence-corrected chi connectivity index (χ3v) is 3.51. The summed E-state index contributed by atoms with van der Waals surface area (Å²) in [6, 6.07) is 4.20. The van der Waals surface area contributed by atoms with Crippen LogP contribution in [-0.2, 0) is 4.79 Å². The molecule has 6 heteroatoms. The van der Waals surface area contributed by atoms with Gasteiger partial charge in [0.1, 0.15) is 5.82 Å². The van der Waals surface area contributed by atoms with E-state index in [1.807, 2.05) is 0 Å². The Morgan fingerprint density at radius 3 is 2.65 bits per heavy atom. The highest BCUT2D eigenvalue weighted by Gasteiger charge is 2.36. The Hall–Kier alpha value is -1.43. The topological polar surface area (TPSA) is 57.6 Å². The summed E-state index contributed by atoms with van der Waals surface area (Å²) in [6.45, 7) is 0.355. The molecule has 90 valence electrons. The third kappa shape index (κ3) is 2.17. The second kappa shape index (κ2) is 4.44. The van der Waals surface area contributed by atoms with Gasteiger partial charge in [-0.2, -0.15) is 0 Å². The minimum atomic E-state index is -0.910. The Labute approximate surface area is 105 Å². The van der Waals surface area contributed by atoms with Crippen molar-refractivity contribution in [3.05, 3.63) is 34.1 Å². The van der Waals surface area contributed by atoms with Crippen LogP contribution >= 0.6 is 15.9 Å². The first kappa shape index (κ1) is 12.0. The molecule has 4 nitrogen and oxygen atoms in total. The number of amides is 1. The zero-order chi connectivity index (χ0) is 12.6. The molecule has 0 unspecified atom stereocenters. The van der Waals surface area contributed by atoms with Crippen molar-refractivity contribution in [3.8, 4) is 0 Å². The summed E-state index contributed by atoms with van der Waals surface area (Å²) >= 11 is 3.01. The van der Waals surface area contributed by atoms with Crippen molar-refractivity contribution in [1.82, 2.24) is 4.90 Å². The molecule has 0 aliphatic carbocycles. The SMILES string of the molecule is O=C(O)C1CN(C(=O)c2cccc(F)c2Br)C1. The fourth-order valence-electron chi connectivity index (χ4n) is 1.64. The highest BCUT2D eigenvalue weighted by Crippen LogP contribution is 2.25. The van der Waals surface area contributed by atoms with Crippen LogP contribution in [0.15, 0.2) is 22.7 Å². The number of carbonyl (C=O) groups excluding carboxylic acids is 1. The summed E-state index contributed by atoms with van der Waals surface area (Å²) in [5, 5.41) is 8.69. The van der Waals surface area contributed by atoms with Gasteiger partial charge in [0.2, 0.25) is 0 Å². The van der Waals surface area contributed by atoms with Crippen molar-refractivity contribution in [3.63, 3.8) is 0 Å². The number of rotatable bonds is 2. The van der Waals surface area contributed by atoms with Gasteiger partial charge in [-0.15, -0.1) is 0 Å². The fraction of sp³-hybridized carbons (Fsp3) is 0.273. The molecule has 0 atom stereocenters. The molecule has 1 fully saturated rings. The Morgan fingerprint density at radius 1 is 1.41 bits per heavy atom. The first-order valence-electron chi connectivity index (χ1n) is 4.97. The highest BCUT2D eigenvalue weighted by atomic mass is 79.9. The van der Waals surface area contributed by atoms with Gasteiger partial charge in [0.15, 0.2) is 0 Å². The van der Waals surface area contributed by atoms with Gasteiger partial charge in [0.05, 0.1) is 16.0 Å². The van der Waals surface area contributed by atoms with Crippen LogP contribution in [0.5, 0.6) is 0 Å². The van der Waals surface area contributed by atoms with Crippen molar-refractivity contribution < 1.29 is 19.1 Å². The Balaban J connectivity index is 2.12. The number of halogens is 2. The Kier molecular flexibility index (Phi) is 3.15. The van der Waals surface area contributed by atoms with E-state index >= 15 is 0 Å². The Bertz CT molecular complexity index is 486. The quantitative estimate of drug-likeness (QED) is 0.905. The van der Waals surface area contributed by atoms with Gasteiger partial charge in [0.25, 0.3) is 5.91 Å². The molecule has 0 radical (unpaired) electrons. The lowest BCUT2D eigenvalue weighted by molar-refractivity contribution is -0.146. The minimum Gasteiger partial charge on any atom is -0.481 e. The molecule has 1 aromatic carbocycles. The molecule has 1 aliphatic heterocycles. The van der Waals surface area contributed by atoms with Gasteiger partial charge < -0.3 is 10.0 Å². The van der Waals surface area contributed by atoms with E-state index in [4.69, 9.17) is 5.11 Å². The summed E-state index contributed by atoms with van der Waals surface area (Å²) in [7, 11) is 0. The zero-order valence-corrected chi connectivity index (χ0v) is 10.3. The van der Waals surface area contributed by atoms with Crippen LogP contribution in [0.3, 0.4) is 0 Å². The maximum Gasteiger partial charge on any atom is 0.310 e. The van der Waals surface area contributed by atoms with Gasteiger partial charge >= 0.3 is 5.97 Å². The molecule has 0 spiro atoms. The number of carboxylic acids is 1. The normalized spacial score (nSPS) is 15.5. The van der Waals surface area contributed by atoms with Crippen LogP contribution < -0.4 is 0 Å². The second-order valence-electron chi connectivity index (χ2n) is 3.85. The van der Waals surface area contributed by atoms with Crippen LogP contribution in [0.4, 0.5) is 4.39 Å². The predicted octanol–water partition coefficient (Wildman–Crippen LogP) is 1.74. The molecule has 17 heavy (non-hydrogen) atoms. The Morgan fingerprint density at radius 2 is 2.06 bits per heavy atom. The summed E-state index contributed by atoms with van der Waals surface area (Å²) in [5.74, 6) is -2.28. The molecular weight excluding hydrogens is 293 g/mol. The largest absolute Gasteiger partial charge is 0.481 e. The van der Waals surface area contributed by atoms with E-state index in [0.29, 0.717) is 0 Å². The molecule has 1 heterocycles. The standard InChI is InChI=1S/C11H9BrFNO3/c12-9-7(2-1-3-8(9)13)10(15)14-4-6(5-14)11(16)17/h1-3,6H,4-5H2,(H,16,17). The lowest BCUT2D eigenvalue weighted by Crippen LogP contribution is -2.53. The first-order chi connectivity index (χ1) is 8.00. The first-order valence-corrected chi connectivity index (χ1v) is 5.76. The number of hydrogen-bond acceptors (Lipinski definition) is 2. The summed E-state index contributed by atoms with van der Waals surface area (Å²) in [6.07, 6.45) is 0. The third-order valence-electron chi connectivity index (χ3n) is 2.70. The number of carbonyl (C=O) groups is 2. The molecule has 0 saturated carbocycles. The average molecular weight is 302 g/mol. The minimum absolute atomic E-state index is 0.115. The fourth-order valence-corrected chi connectivity index (χ4v) is 2.07. The van der Waals surface area contributed by atoms with Gasteiger partial charge in [-0.1, -0.05) is 6.07 Å². The van der Waals surface area contributed by atoms with Crippen LogP contribution in [0.2, 0.25) is 0 Å². The van der Waals surface area contributed by atoms with Gasteiger partial charge in [-0.3, -0.25) is 9.59 Å². The van der Waals surface area contributed by atoms with Crippen molar-refractivity contribution in [2.24, 2.45) is 5.92 Å². The van der Waals surface area contributed by atoms with E-state index in [1.165, 1.54) is 23.1 Å². The molecule has 1 saturated heterocycles. The molecule has 1 aromatic rings. The highest BCUT2D eigenvalue weighted by molar-refractivity contribution is 9.10. The molecule has 0 aromatic heterocycles. The van der Waals surface area contributed by atoms with E-state index in [9.17, 15) is 14.0 Å². The summed E-state index contributed by atoms with van der Waals surface area (Å²) < 4.78 is 13.3. The lowest BCUT2D eigenvalue weighted by Gasteiger charge is -2.36. The lowest BCUT2D eigenvalue weighted by atomic mass is 9.99. The number of carboxylic acid groups (broad SMARTS) is 1. The molecule has 2 rings (SSSR count). The average Bonchev–Trinajstić information content (AvgIpc) is 2.19. The van der Waals surface area contributed by atoms with E-state index in [0.717, 1.165) is 0 Å². The number of aliphatic carboxylic acids is 1. The zero-order valence-electron chi connectivity index (χ0n) is 8.69. The summed E-state index contributed by atoms with van der Waals surface area (Å²) in [5.41, 5.74) is 0.217. The van der Waals surface area contributed by atoms with Crippen molar-refractivity contribution in [1.29, 1.82) is 0 Å². The van der Waals surface area contributed by atoms with E-state index < -0.39 is 17.7 Å². The van der Waals surface area contributed by atoms with Crippen LogP contribution in [-0.4, -0.2) is 35.0 Å². The van der Waals surface area contributed by atoms with Crippen LogP contribution in [0, 0.1) is 11.7 Å². The maximum atomic E-state index is 13.2. The number of nitrogens with zero attached hydrogens (tertiary/aromatic N) is 1.